The van der Waals surface area contributed by atoms with Gasteiger partial charge in [-0.05, 0) is 29.3 Å². The molecule has 0 aliphatic heterocycles. The molecule has 0 spiro atoms. The SMILES string of the molecule is O=C(Cn1nc2c3c(cccc31)[C@@H](O)c1ccccc1-2)NCCOc1ccccc1. The fourth-order valence-electron chi connectivity index (χ4n) is 3.98. The molecule has 1 heterocycles. The molecule has 0 saturated carbocycles. The lowest BCUT2D eigenvalue weighted by Gasteiger charge is -2.21. The van der Waals surface area contributed by atoms with E-state index < -0.39 is 6.10 Å². The molecule has 30 heavy (non-hydrogen) atoms. The van der Waals surface area contributed by atoms with Crippen molar-refractivity contribution >= 4 is 16.8 Å². The summed E-state index contributed by atoms with van der Waals surface area (Å²) in [5.74, 6) is 0.638. The van der Waals surface area contributed by atoms with Crippen molar-refractivity contribution in [3.63, 3.8) is 0 Å². The molecule has 2 N–H and O–H groups in total. The van der Waals surface area contributed by atoms with E-state index in [0.29, 0.717) is 13.2 Å². The molecule has 6 heteroatoms. The van der Waals surface area contributed by atoms with Crippen LogP contribution in [-0.2, 0) is 11.3 Å². The zero-order valence-electron chi connectivity index (χ0n) is 16.3. The largest absolute Gasteiger partial charge is 0.492 e. The molecule has 1 aliphatic rings. The molecule has 4 aromatic rings. The number of carbonyl (C=O) groups is 1. The van der Waals surface area contributed by atoms with Gasteiger partial charge in [0.25, 0.3) is 0 Å². The minimum atomic E-state index is -0.695. The second-order valence-corrected chi connectivity index (χ2v) is 7.25. The topological polar surface area (TPSA) is 76.4 Å². The van der Waals surface area contributed by atoms with Crippen LogP contribution >= 0.6 is 0 Å². The number of benzene rings is 3. The van der Waals surface area contributed by atoms with E-state index in [9.17, 15) is 9.90 Å². The van der Waals surface area contributed by atoms with E-state index in [0.717, 1.165) is 39.0 Å². The van der Waals surface area contributed by atoms with E-state index in [1.807, 2.05) is 72.8 Å². The van der Waals surface area contributed by atoms with Crippen LogP contribution in [0.1, 0.15) is 17.2 Å². The first-order valence-electron chi connectivity index (χ1n) is 9.94. The Bertz CT molecular complexity index is 1220. The molecule has 150 valence electrons. The summed E-state index contributed by atoms with van der Waals surface area (Å²) >= 11 is 0. The number of aliphatic hydroxyl groups is 1. The quantitative estimate of drug-likeness (QED) is 0.488. The van der Waals surface area contributed by atoms with E-state index >= 15 is 0 Å². The molecule has 1 aromatic heterocycles. The summed E-state index contributed by atoms with van der Waals surface area (Å²) in [7, 11) is 0. The van der Waals surface area contributed by atoms with Gasteiger partial charge in [-0.15, -0.1) is 0 Å². The van der Waals surface area contributed by atoms with Crippen LogP contribution in [0.25, 0.3) is 22.2 Å². The first-order chi connectivity index (χ1) is 14.7. The molecule has 0 fully saturated rings. The summed E-state index contributed by atoms with van der Waals surface area (Å²) in [5.41, 5.74) is 4.21. The number of rotatable bonds is 6. The molecule has 1 aliphatic carbocycles. The Labute approximate surface area is 173 Å². The van der Waals surface area contributed by atoms with Crippen molar-refractivity contribution in [1.29, 1.82) is 0 Å². The summed E-state index contributed by atoms with van der Waals surface area (Å²) in [6.07, 6.45) is -0.695. The zero-order chi connectivity index (χ0) is 20.5. The number of ether oxygens (including phenoxy) is 1. The lowest BCUT2D eigenvalue weighted by atomic mass is 9.86. The highest BCUT2D eigenvalue weighted by atomic mass is 16.5. The summed E-state index contributed by atoms with van der Waals surface area (Å²) in [6, 6.07) is 23.0. The number of hydrogen-bond donors (Lipinski definition) is 2. The Morgan fingerprint density at radius 3 is 2.63 bits per heavy atom. The highest BCUT2D eigenvalue weighted by molar-refractivity contribution is 6.00. The maximum Gasteiger partial charge on any atom is 0.241 e. The Kier molecular flexibility index (Phi) is 4.69. The highest BCUT2D eigenvalue weighted by Crippen LogP contribution is 2.43. The summed E-state index contributed by atoms with van der Waals surface area (Å²) in [4.78, 5) is 12.5. The predicted molar refractivity (Wildman–Crippen MR) is 114 cm³/mol. The number of amides is 1. The van der Waals surface area contributed by atoms with Gasteiger partial charge in [-0.2, -0.15) is 5.10 Å². The van der Waals surface area contributed by atoms with Crippen LogP contribution in [0, 0.1) is 0 Å². The predicted octanol–water partition coefficient (Wildman–Crippen LogP) is 3.29. The number of para-hydroxylation sites is 1. The van der Waals surface area contributed by atoms with Crippen molar-refractivity contribution < 1.29 is 14.6 Å². The van der Waals surface area contributed by atoms with Crippen molar-refractivity contribution in [3.05, 3.63) is 83.9 Å². The molecule has 0 bridgehead atoms. The molecule has 3 aromatic carbocycles. The first kappa shape index (κ1) is 18.4. The third-order valence-electron chi connectivity index (χ3n) is 5.34. The standard InChI is InChI=1S/C24H21N3O3/c28-21(25-13-14-30-16-7-2-1-3-8-16)15-27-20-12-6-11-19-22(20)23(26-27)17-9-4-5-10-18(17)24(19)29/h1-12,24,29H,13-15H2,(H,25,28)/t24-/m0/s1. The van der Waals surface area contributed by atoms with E-state index in [-0.39, 0.29) is 12.5 Å². The molecule has 0 unspecified atom stereocenters. The molecular weight excluding hydrogens is 378 g/mol. The average molecular weight is 399 g/mol. The Morgan fingerprint density at radius 2 is 1.77 bits per heavy atom. The summed E-state index contributed by atoms with van der Waals surface area (Å²) in [6.45, 7) is 0.903. The second-order valence-electron chi connectivity index (χ2n) is 7.25. The molecule has 1 atom stereocenters. The normalized spacial score (nSPS) is 14.4. The van der Waals surface area contributed by atoms with Gasteiger partial charge in [0, 0.05) is 10.9 Å². The van der Waals surface area contributed by atoms with Crippen LogP contribution in [-0.4, -0.2) is 33.9 Å². The van der Waals surface area contributed by atoms with Gasteiger partial charge in [-0.1, -0.05) is 54.6 Å². The lowest BCUT2D eigenvalue weighted by Crippen LogP contribution is -2.31. The first-order valence-corrected chi connectivity index (χ1v) is 9.94. The van der Waals surface area contributed by atoms with Crippen molar-refractivity contribution in [2.24, 2.45) is 0 Å². The van der Waals surface area contributed by atoms with Gasteiger partial charge in [-0.25, -0.2) is 0 Å². The van der Waals surface area contributed by atoms with Crippen molar-refractivity contribution in [2.45, 2.75) is 12.6 Å². The number of carbonyl (C=O) groups excluding carboxylic acids is 1. The molecule has 6 nitrogen and oxygen atoms in total. The van der Waals surface area contributed by atoms with Crippen LogP contribution in [0.2, 0.25) is 0 Å². The fraction of sp³-hybridized carbons (Fsp3) is 0.167. The van der Waals surface area contributed by atoms with Crippen LogP contribution in [0.4, 0.5) is 0 Å². The molecule has 0 saturated heterocycles. The monoisotopic (exact) mass is 399 g/mol. The van der Waals surface area contributed by atoms with Gasteiger partial charge in [0.15, 0.2) is 0 Å². The van der Waals surface area contributed by atoms with E-state index in [4.69, 9.17) is 9.84 Å². The number of aromatic nitrogens is 2. The van der Waals surface area contributed by atoms with Crippen LogP contribution in [0.3, 0.4) is 0 Å². The van der Waals surface area contributed by atoms with Gasteiger partial charge in [0.1, 0.15) is 30.7 Å². The van der Waals surface area contributed by atoms with Crippen LogP contribution in [0.5, 0.6) is 5.75 Å². The number of nitrogens with one attached hydrogen (secondary N) is 1. The zero-order valence-corrected chi connectivity index (χ0v) is 16.3. The third-order valence-corrected chi connectivity index (χ3v) is 5.34. The van der Waals surface area contributed by atoms with Gasteiger partial charge >= 0.3 is 0 Å². The molecule has 5 rings (SSSR count). The highest BCUT2D eigenvalue weighted by Gasteiger charge is 2.28. The minimum Gasteiger partial charge on any atom is -0.492 e. The maximum absolute atomic E-state index is 12.5. The van der Waals surface area contributed by atoms with Gasteiger partial charge in [-0.3, -0.25) is 9.48 Å². The maximum atomic E-state index is 12.5. The smallest absolute Gasteiger partial charge is 0.241 e. The van der Waals surface area contributed by atoms with E-state index in [1.54, 1.807) is 4.68 Å². The number of nitrogens with zero attached hydrogens (tertiary/aromatic N) is 2. The Morgan fingerprint density at radius 1 is 1.00 bits per heavy atom. The van der Waals surface area contributed by atoms with Gasteiger partial charge in [0.05, 0.1) is 12.1 Å². The van der Waals surface area contributed by atoms with Gasteiger partial charge < -0.3 is 15.2 Å². The molecule has 1 amide bonds. The Balaban J connectivity index is 1.34. The fourth-order valence-corrected chi connectivity index (χ4v) is 3.98. The average Bonchev–Trinajstić information content (AvgIpc) is 3.15. The van der Waals surface area contributed by atoms with E-state index in [1.165, 1.54) is 0 Å². The van der Waals surface area contributed by atoms with Crippen LogP contribution in [0.15, 0.2) is 72.8 Å². The van der Waals surface area contributed by atoms with Crippen molar-refractivity contribution in [3.8, 4) is 17.0 Å². The molecule has 0 radical (unpaired) electrons. The summed E-state index contributed by atoms with van der Waals surface area (Å²) < 4.78 is 7.31. The Hall–Kier alpha value is -3.64. The minimum absolute atomic E-state index is 0.101. The number of hydrogen-bond acceptors (Lipinski definition) is 4. The number of aliphatic hydroxyl groups excluding tert-OH is 1. The van der Waals surface area contributed by atoms with Crippen molar-refractivity contribution in [1.82, 2.24) is 15.1 Å². The number of fused-ring (bicyclic) bond motifs is 2. The summed E-state index contributed by atoms with van der Waals surface area (Å²) in [5, 5.41) is 19.3. The van der Waals surface area contributed by atoms with Crippen LogP contribution < -0.4 is 10.1 Å². The lowest BCUT2D eigenvalue weighted by molar-refractivity contribution is -0.121. The molecular formula is C24H21N3O3. The third kappa shape index (κ3) is 3.21. The second kappa shape index (κ2) is 7.65. The van der Waals surface area contributed by atoms with E-state index in [2.05, 4.69) is 5.32 Å². The van der Waals surface area contributed by atoms with Gasteiger partial charge in [0.2, 0.25) is 5.91 Å². The van der Waals surface area contributed by atoms with Crippen molar-refractivity contribution in [2.75, 3.05) is 13.2 Å².